The number of hydrogen-bond donors (Lipinski definition) is 1. The molecule has 30 heavy (non-hydrogen) atoms. The summed E-state index contributed by atoms with van der Waals surface area (Å²) in [4.78, 5) is 25.6. The lowest BCUT2D eigenvalue weighted by molar-refractivity contribution is 0.364. The number of aromatic nitrogens is 6. The van der Waals surface area contributed by atoms with Gasteiger partial charge in [0.15, 0.2) is 17.0 Å². The monoisotopic (exact) mass is 401 g/mol. The van der Waals surface area contributed by atoms with Gasteiger partial charge in [0.2, 0.25) is 11.8 Å². The summed E-state index contributed by atoms with van der Waals surface area (Å²) >= 11 is 0. The van der Waals surface area contributed by atoms with Crippen LogP contribution in [0.2, 0.25) is 0 Å². The van der Waals surface area contributed by atoms with Crippen molar-refractivity contribution >= 4 is 22.7 Å². The van der Waals surface area contributed by atoms with E-state index in [0.717, 1.165) is 12.2 Å². The van der Waals surface area contributed by atoms with Gasteiger partial charge in [0.05, 0.1) is 0 Å². The number of hydrogen-bond acceptors (Lipinski definition) is 7. The first-order valence-corrected chi connectivity index (χ1v) is 9.86. The average Bonchev–Trinajstić information content (AvgIpc) is 3.13. The normalized spacial score (nSPS) is 22.3. The molecule has 4 aromatic rings. The summed E-state index contributed by atoms with van der Waals surface area (Å²) in [6.07, 6.45) is 4.81. The minimum Gasteiger partial charge on any atom is -0.369 e. The smallest absolute Gasteiger partial charge is 0.280 e. The molecule has 0 aliphatic heterocycles. The predicted molar refractivity (Wildman–Crippen MR) is 109 cm³/mol. The molecular formula is C21H19N7O2. The van der Waals surface area contributed by atoms with Gasteiger partial charge in [0.1, 0.15) is 12.9 Å². The molecule has 1 saturated carbocycles. The van der Waals surface area contributed by atoms with Crippen LogP contribution in [0.15, 0.2) is 52.1 Å². The van der Waals surface area contributed by atoms with Gasteiger partial charge in [-0.3, -0.25) is 9.36 Å². The number of aryl methyl sites for hydroxylation is 1. The summed E-state index contributed by atoms with van der Waals surface area (Å²) in [6.45, 7) is 0.160. The summed E-state index contributed by atoms with van der Waals surface area (Å²) < 4.78 is 8.40. The number of imidazole rings is 1. The Morgan fingerprint density at radius 3 is 2.83 bits per heavy atom. The number of nitrogens with two attached hydrogens (primary N) is 1. The summed E-state index contributed by atoms with van der Waals surface area (Å²) in [5.74, 6) is 2.64. The summed E-state index contributed by atoms with van der Waals surface area (Å²) in [5.41, 5.74) is 8.89. The first kappa shape index (κ1) is 17.1. The lowest BCUT2D eigenvalue weighted by Gasteiger charge is -2.04. The molecule has 3 unspecified atom stereocenters. The molecule has 0 radical (unpaired) electrons. The zero-order valence-corrected chi connectivity index (χ0v) is 16.3. The van der Waals surface area contributed by atoms with E-state index in [4.69, 9.17) is 10.3 Å². The first-order valence-electron chi connectivity index (χ1n) is 9.86. The molecule has 3 aromatic heterocycles. The Morgan fingerprint density at radius 1 is 1.23 bits per heavy atom. The quantitative estimate of drug-likeness (QED) is 0.555. The van der Waals surface area contributed by atoms with Crippen LogP contribution in [0.3, 0.4) is 0 Å². The molecule has 2 aliphatic carbocycles. The Morgan fingerprint density at radius 2 is 2.07 bits per heavy atom. The van der Waals surface area contributed by atoms with Crippen LogP contribution in [0.5, 0.6) is 0 Å². The third-order valence-corrected chi connectivity index (χ3v) is 6.20. The van der Waals surface area contributed by atoms with Gasteiger partial charge in [0, 0.05) is 13.0 Å². The Kier molecular flexibility index (Phi) is 3.50. The van der Waals surface area contributed by atoms with Gasteiger partial charge in [-0.15, -0.1) is 0 Å². The topological polar surface area (TPSA) is 118 Å². The van der Waals surface area contributed by atoms with E-state index in [2.05, 4.69) is 50.5 Å². The highest BCUT2D eigenvalue weighted by Crippen LogP contribution is 2.62. The van der Waals surface area contributed by atoms with Crippen LogP contribution in [-0.2, 0) is 13.6 Å². The van der Waals surface area contributed by atoms with Crippen molar-refractivity contribution in [1.29, 1.82) is 0 Å². The third-order valence-electron chi connectivity index (χ3n) is 6.20. The van der Waals surface area contributed by atoms with Gasteiger partial charge in [-0.05, 0) is 29.4 Å². The maximum atomic E-state index is 12.8. The highest BCUT2D eigenvalue weighted by Gasteiger charge is 2.55. The van der Waals surface area contributed by atoms with Gasteiger partial charge < -0.3 is 14.8 Å². The Hall–Kier alpha value is -3.75. The van der Waals surface area contributed by atoms with Crippen LogP contribution in [0.4, 0.5) is 5.95 Å². The molecule has 2 aliphatic rings. The van der Waals surface area contributed by atoms with E-state index in [-0.39, 0.29) is 18.1 Å². The molecular weight excluding hydrogens is 382 g/mol. The van der Waals surface area contributed by atoms with Crippen molar-refractivity contribution in [2.45, 2.75) is 18.9 Å². The number of allylic oxidation sites excluding steroid dienone is 2. The molecule has 0 spiro atoms. The summed E-state index contributed by atoms with van der Waals surface area (Å²) in [6, 6.07) is 10.5. The van der Waals surface area contributed by atoms with Crippen molar-refractivity contribution in [3.8, 4) is 0 Å². The first-order chi connectivity index (χ1) is 14.6. The van der Waals surface area contributed by atoms with E-state index in [0.29, 0.717) is 34.8 Å². The number of fused-ring (bicyclic) bond motifs is 2. The lowest BCUT2D eigenvalue weighted by atomic mass is 10.0. The van der Waals surface area contributed by atoms with Crippen LogP contribution in [0, 0.1) is 11.8 Å². The molecule has 2 N–H and O–H groups in total. The number of rotatable bonds is 4. The molecule has 9 heteroatoms. The zero-order valence-electron chi connectivity index (χ0n) is 16.3. The van der Waals surface area contributed by atoms with E-state index in [9.17, 15) is 4.79 Å². The Labute approximate surface area is 170 Å². The fraction of sp³-hybridized carbons (Fsp3) is 0.286. The maximum absolute atomic E-state index is 12.8. The van der Waals surface area contributed by atoms with Crippen molar-refractivity contribution in [1.82, 2.24) is 29.2 Å². The van der Waals surface area contributed by atoms with E-state index in [1.54, 1.807) is 7.05 Å². The second-order valence-corrected chi connectivity index (χ2v) is 7.95. The van der Waals surface area contributed by atoms with Gasteiger partial charge in [0.25, 0.3) is 5.56 Å². The third kappa shape index (κ3) is 2.51. The maximum Gasteiger partial charge on any atom is 0.280 e. The molecule has 1 aromatic carbocycles. The Balaban J connectivity index is 1.22. The zero-order chi connectivity index (χ0) is 20.4. The number of anilines is 1. The molecule has 3 heterocycles. The van der Waals surface area contributed by atoms with Crippen LogP contribution in [-0.4, -0.2) is 29.2 Å². The molecule has 150 valence electrons. The number of benzene rings is 1. The SMILES string of the molecule is Cn1c(N)nc2ncn(Cc3nc(C4C5C=C(c6ccccc6)CC54)no3)c(=O)c21. The molecule has 3 atom stereocenters. The molecule has 9 nitrogen and oxygen atoms in total. The second-order valence-electron chi connectivity index (χ2n) is 7.95. The lowest BCUT2D eigenvalue weighted by Crippen LogP contribution is -2.22. The predicted octanol–water partition coefficient (Wildman–Crippen LogP) is 1.96. The van der Waals surface area contributed by atoms with Crippen LogP contribution in [0.25, 0.3) is 16.7 Å². The highest BCUT2D eigenvalue weighted by atomic mass is 16.5. The van der Waals surface area contributed by atoms with Crippen LogP contribution in [0.1, 0.15) is 29.6 Å². The fourth-order valence-corrected chi connectivity index (χ4v) is 4.54. The van der Waals surface area contributed by atoms with Crippen molar-refractivity contribution in [2.24, 2.45) is 18.9 Å². The number of nitrogens with zero attached hydrogens (tertiary/aromatic N) is 6. The minimum atomic E-state index is -0.245. The molecule has 6 rings (SSSR count). The van der Waals surface area contributed by atoms with E-state index < -0.39 is 0 Å². The summed E-state index contributed by atoms with van der Waals surface area (Å²) in [5, 5.41) is 4.18. The van der Waals surface area contributed by atoms with Gasteiger partial charge >= 0.3 is 0 Å². The van der Waals surface area contributed by atoms with Crippen molar-refractivity contribution in [2.75, 3.05) is 5.73 Å². The number of nitrogen functional groups attached to an aromatic ring is 1. The summed E-state index contributed by atoms with van der Waals surface area (Å²) in [7, 11) is 1.69. The van der Waals surface area contributed by atoms with E-state index in [1.165, 1.54) is 26.6 Å². The highest BCUT2D eigenvalue weighted by molar-refractivity contribution is 5.72. The minimum absolute atomic E-state index is 0.160. The van der Waals surface area contributed by atoms with Crippen molar-refractivity contribution in [3.63, 3.8) is 0 Å². The van der Waals surface area contributed by atoms with Gasteiger partial charge in [-0.2, -0.15) is 9.97 Å². The fourth-order valence-electron chi connectivity index (χ4n) is 4.54. The van der Waals surface area contributed by atoms with E-state index in [1.807, 2.05) is 6.07 Å². The van der Waals surface area contributed by atoms with Crippen molar-refractivity contribution < 1.29 is 4.52 Å². The van der Waals surface area contributed by atoms with Gasteiger partial charge in [-0.1, -0.05) is 41.6 Å². The largest absolute Gasteiger partial charge is 0.369 e. The Bertz CT molecular complexity index is 1370. The molecule has 0 amide bonds. The standard InChI is InChI=1S/C21H19N7O2/c1-27-17-19(25-21(27)22)23-10-28(20(17)29)9-15-24-18(26-30-15)16-13-7-12(8-14(13)16)11-5-3-2-4-6-11/h2-7,10,13-14,16H,8-9H2,1H3,(H2,22,25). The molecule has 1 fully saturated rings. The molecule has 0 bridgehead atoms. The van der Waals surface area contributed by atoms with E-state index >= 15 is 0 Å². The van der Waals surface area contributed by atoms with Crippen LogP contribution >= 0.6 is 0 Å². The van der Waals surface area contributed by atoms with Crippen molar-refractivity contribution in [3.05, 3.63) is 70.4 Å². The molecule has 0 saturated heterocycles. The van der Waals surface area contributed by atoms with Gasteiger partial charge in [-0.25, -0.2) is 4.98 Å². The van der Waals surface area contributed by atoms with Crippen LogP contribution < -0.4 is 11.3 Å². The second kappa shape index (κ2) is 6.12. The average molecular weight is 401 g/mol.